The maximum Gasteiger partial charge on any atom is 0.0919 e. The number of benzene rings is 1. The zero-order valence-corrected chi connectivity index (χ0v) is 19.4. The molecule has 164 valence electrons. The van der Waals surface area contributed by atoms with Crippen LogP contribution in [0.5, 0.6) is 0 Å². The number of nitrogens with zero attached hydrogens (tertiary/aromatic N) is 1. The van der Waals surface area contributed by atoms with Crippen LogP contribution < -0.4 is 0 Å². The van der Waals surface area contributed by atoms with Gasteiger partial charge in [0.2, 0.25) is 0 Å². The summed E-state index contributed by atoms with van der Waals surface area (Å²) in [5.41, 5.74) is 1.44. The van der Waals surface area contributed by atoms with Gasteiger partial charge in [0.1, 0.15) is 0 Å². The fraction of sp³-hybridized carbons (Fsp3) is 0.654. The average molecular weight is 419 g/mol. The van der Waals surface area contributed by atoms with E-state index in [9.17, 15) is 0 Å². The molecule has 0 aliphatic heterocycles. The SMILES string of the molecule is CCCCCCCCCCCCCC(Cl)CCCc1ccccc1.c1c[nH]cn1. The lowest BCUT2D eigenvalue weighted by atomic mass is 10.0. The first kappa shape index (κ1) is 25.8. The zero-order chi connectivity index (χ0) is 20.8. The molecular formula is C26H43ClN2. The molecule has 0 aliphatic carbocycles. The number of unbranched alkanes of at least 4 members (excludes halogenated alkanes) is 10. The van der Waals surface area contributed by atoms with Crippen molar-refractivity contribution in [1.82, 2.24) is 9.97 Å². The summed E-state index contributed by atoms with van der Waals surface area (Å²) in [6, 6.07) is 10.8. The number of aryl methyl sites for hydroxylation is 1. The Hall–Kier alpha value is -1.28. The Bertz CT molecular complexity index is 510. The van der Waals surface area contributed by atoms with Gasteiger partial charge in [-0.1, -0.05) is 108 Å². The lowest BCUT2D eigenvalue weighted by molar-refractivity contribution is 0.534. The molecule has 0 bridgehead atoms. The van der Waals surface area contributed by atoms with Gasteiger partial charge in [0.05, 0.1) is 6.33 Å². The van der Waals surface area contributed by atoms with E-state index < -0.39 is 0 Å². The summed E-state index contributed by atoms with van der Waals surface area (Å²) in [5.74, 6) is 0. The number of imidazole rings is 1. The molecule has 0 radical (unpaired) electrons. The molecule has 29 heavy (non-hydrogen) atoms. The van der Waals surface area contributed by atoms with Gasteiger partial charge >= 0.3 is 0 Å². The van der Waals surface area contributed by atoms with Gasteiger partial charge in [-0.3, -0.25) is 0 Å². The van der Waals surface area contributed by atoms with Crippen LogP contribution >= 0.6 is 11.6 Å². The minimum Gasteiger partial charge on any atom is -0.351 e. The Labute approximate surface area is 184 Å². The average Bonchev–Trinajstić information content (AvgIpc) is 3.33. The number of alkyl halides is 1. The van der Waals surface area contributed by atoms with E-state index in [0.29, 0.717) is 5.38 Å². The fourth-order valence-electron chi connectivity index (χ4n) is 3.56. The number of hydrogen-bond acceptors (Lipinski definition) is 1. The second kappa shape index (κ2) is 20.0. The predicted molar refractivity (Wildman–Crippen MR) is 129 cm³/mol. The van der Waals surface area contributed by atoms with Crippen LogP contribution in [0.3, 0.4) is 0 Å². The van der Waals surface area contributed by atoms with Crippen molar-refractivity contribution in [1.29, 1.82) is 0 Å². The van der Waals surface area contributed by atoms with Crippen LogP contribution in [0.2, 0.25) is 0 Å². The standard InChI is InChI=1S/C23H39Cl.C3H4N2/c1-2-3-4-5-6-7-8-9-10-11-15-20-23(24)21-16-19-22-17-13-12-14-18-22;1-2-5-3-4-1/h12-14,17-18,23H,2-11,15-16,19-21H2,1H3;1-3H,(H,4,5). The molecule has 0 spiro atoms. The molecule has 0 saturated carbocycles. The number of nitrogens with one attached hydrogen (secondary N) is 1. The van der Waals surface area contributed by atoms with Gasteiger partial charge in [-0.05, 0) is 31.2 Å². The van der Waals surface area contributed by atoms with Gasteiger partial charge in [-0.2, -0.15) is 0 Å². The minimum atomic E-state index is 0.382. The lowest BCUT2D eigenvalue weighted by Gasteiger charge is -2.09. The van der Waals surface area contributed by atoms with Crippen molar-refractivity contribution < 1.29 is 0 Å². The first-order chi connectivity index (χ1) is 14.3. The van der Waals surface area contributed by atoms with E-state index in [0.717, 1.165) is 6.42 Å². The van der Waals surface area contributed by atoms with Gasteiger partial charge in [0, 0.05) is 17.8 Å². The van der Waals surface area contributed by atoms with Crippen molar-refractivity contribution in [2.75, 3.05) is 0 Å². The highest BCUT2D eigenvalue weighted by atomic mass is 35.5. The Morgan fingerprint density at radius 2 is 1.38 bits per heavy atom. The summed E-state index contributed by atoms with van der Waals surface area (Å²) in [6.45, 7) is 2.29. The quantitative estimate of drug-likeness (QED) is 0.214. The number of aromatic amines is 1. The summed E-state index contributed by atoms with van der Waals surface area (Å²) >= 11 is 6.47. The van der Waals surface area contributed by atoms with Crippen molar-refractivity contribution in [3.63, 3.8) is 0 Å². The molecule has 0 amide bonds. The van der Waals surface area contributed by atoms with Crippen molar-refractivity contribution in [3.8, 4) is 0 Å². The van der Waals surface area contributed by atoms with Crippen LogP contribution in [-0.4, -0.2) is 15.3 Å². The Morgan fingerprint density at radius 3 is 1.90 bits per heavy atom. The molecule has 1 aromatic carbocycles. The molecule has 2 nitrogen and oxygen atoms in total. The Balaban J connectivity index is 0.000000726. The summed E-state index contributed by atoms with van der Waals surface area (Å²) in [4.78, 5) is 6.42. The minimum absolute atomic E-state index is 0.382. The first-order valence-electron chi connectivity index (χ1n) is 11.9. The second-order valence-corrected chi connectivity index (χ2v) is 8.68. The van der Waals surface area contributed by atoms with Crippen molar-refractivity contribution in [2.45, 2.75) is 109 Å². The van der Waals surface area contributed by atoms with Crippen molar-refractivity contribution >= 4 is 11.6 Å². The zero-order valence-electron chi connectivity index (χ0n) is 18.6. The second-order valence-electron chi connectivity index (χ2n) is 8.06. The van der Waals surface area contributed by atoms with Gasteiger partial charge in [0.15, 0.2) is 0 Å². The maximum absolute atomic E-state index is 6.47. The number of halogens is 1. The molecule has 2 aromatic rings. The Kier molecular flexibility index (Phi) is 17.8. The molecule has 1 unspecified atom stereocenters. The topological polar surface area (TPSA) is 28.7 Å². The highest BCUT2D eigenvalue weighted by Crippen LogP contribution is 2.18. The molecule has 1 heterocycles. The van der Waals surface area contributed by atoms with Crippen molar-refractivity contribution in [2.24, 2.45) is 0 Å². The van der Waals surface area contributed by atoms with E-state index in [-0.39, 0.29) is 0 Å². The van der Waals surface area contributed by atoms with Gasteiger partial charge in [-0.25, -0.2) is 4.98 Å². The van der Waals surface area contributed by atoms with Crippen LogP contribution in [0.4, 0.5) is 0 Å². The largest absolute Gasteiger partial charge is 0.351 e. The van der Waals surface area contributed by atoms with E-state index in [1.54, 1.807) is 18.7 Å². The van der Waals surface area contributed by atoms with E-state index >= 15 is 0 Å². The molecule has 3 heteroatoms. The summed E-state index contributed by atoms with van der Waals surface area (Å²) in [6.07, 6.45) is 25.4. The monoisotopic (exact) mass is 418 g/mol. The molecule has 0 fully saturated rings. The third-order valence-corrected chi connectivity index (χ3v) is 5.79. The summed E-state index contributed by atoms with van der Waals surface area (Å²) < 4.78 is 0. The smallest absolute Gasteiger partial charge is 0.0919 e. The lowest BCUT2D eigenvalue weighted by Crippen LogP contribution is -1.99. The first-order valence-corrected chi connectivity index (χ1v) is 12.4. The van der Waals surface area contributed by atoms with Crippen LogP contribution in [0.25, 0.3) is 0 Å². The van der Waals surface area contributed by atoms with Gasteiger partial charge in [0.25, 0.3) is 0 Å². The molecule has 1 N–H and O–H groups in total. The van der Waals surface area contributed by atoms with E-state index in [1.807, 2.05) is 0 Å². The number of rotatable bonds is 16. The fourth-order valence-corrected chi connectivity index (χ4v) is 3.87. The Morgan fingerprint density at radius 1 is 0.793 bits per heavy atom. The maximum atomic E-state index is 6.47. The number of aromatic nitrogens is 2. The normalized spacial score (nSPS) is 11.7. The van der Waals surface area contributed by atoms with Crippen LogP contribution in [-0.2, 0) is 6.42 Å². The number of hydrogen-bond donors (Lipinski definition) is 1. The van der Waals surface area contributed by atoms with Crippen LogP contribution in [0, 0.1) is 0 Å². The molecule has 0 saturated heterocycles. The van der Waals surface area contributed by atoms with Crippen molar-refractivity contribution in [3.05, 3.63) is 54.6 Å². The summed E-state index contributed by atoms with van der Waals surface area (Å²) in [5, 5.41) is 0.382. The van der Waals surface area contributed by atoms with Crippen LogP contribution in [0.1, 0.15) is 102 Å². The predicted octanol–water partition coefficient (Wildman–Crippen LogP) is 8.73. The third-order valence-electron chi connectivity index (χ3n) is 5.35. The molecular weight excluding hydrogens is 376 g/mol. The highest BCUT2D eigenvalue weighted by molar-refractivity contribution is 6.20. The molecule has 0 aliphatic rings. The molecule has 1 atom stereocenters. The van der Waals surface area contributed by atoms with E-state index in [4.69, 9.17) is 11.6 Å². The van der Waals surface area contributed by atoms with E-state index in [2.05, 4.69) is 47.2 Å². The third kappa shape index (κ3) is 17.3. The van der Waals surface area contributed by atoms with Gasteiger partial charge < -0.3 is 4.98 Å². The molecule has 1 aromatic heterocycles. The van der Waals surface area contributed by atoms with E-state index in [1.165, 1.54) is 95.5 Å². The number of H-pyrrole nitrogens is 1. The molecule has 2 rings (SSSR count). The summed E-state index contributed by atoms with van der Waals surface area (Å²) in [7, 11) is 0. The van der Waals surface area contributed by atoms with Gasteiger partial charge in [-0.15, -0.1) is 11.6 Å². The van der Waals surface area contributed by atoms with Crippen LogP contribution in [0.15, 0.2) is 49.1 Å². The highest BCUT2D eigenvalue weighted by Gasteiger charge is 2.04.